The van der Waals surface area contributed by atoms with E-state index >= 15 is 0 Å². The second-order valence-corrected chi connectivity index (χ2v) is 6.91. The Morgan fingerprint density at radius 3 is 2.81 bits per heavy atom. The molecule has 5 N–H and O–H groups in total. The molecule has 2 aromatic rings. The predicted octanol–water partition coefficient (Wildman–Crippen LogP) is 1.00. The molecular weight excluding hydrogens is 411 g/mol. The molecule has 0 aliphatic heterocycles. The second kappa shape index (κ2) is 7.00. The van der Waals surface area contributed by atoms with E-state index in [4.69, 9.17) is 11.5 Å². The maximum atomic E-state index is 13.5. The van der Waals surface area contributed by atoms with Gasteiger partial charge in [0.15, 0.2) is 11.5 Å². The topological polar surface area (TPSA) is 145 Å². The molecule has 0 radical (unpaired) electrons. The molecule has 1 heterocycles. The van der Waals surface area contributed by atoms with Gasteiger partial charge in [-0.3, -0.25) is 9.52 Å². The van der Waals surface area contributed by atoms with Gasteiger partial charge in [0.25, 0.3) is 0 Å². The Labute approximate surface area is 155 Å². The van der Waals surface area contributed by atoms with Crippen molar-refractivity contribution in [1.29, 1.82) is 0 Å². The van der Waals surface area contributed by atoms with Crippen molar-refractivity contribution in [2.75, 3.05) is 13.1 Å². The molecule has 1 saturated carbocycles. The highest BCUT2D eigenvalue weighted by molar-refractivity contribution is 9.10. The highest BCUT2D eigenvalue weighted by Crippen LogP contribution is 2.44. The van der Waals surface area contributed by atoms with Crippen molar-refractivity contribution >= 4 is 27.5 Å². The summed E-state index contributed by atoms with van der Waals surface area (Å²) in [6.45, 7) is 0.853. The smallest absolute Gasteiger partial charge is 0.410 e. The number of benzene rings is 1. The third-order valence-electron chi connectivity index (χ3n) is 4.30. The zero-order valence-electron chi connectivity index (χ0n) is 13.5. The molecule has 1 aromatic carbocycles. The first-order valence-corrected chi connectivity index (χ1v) is 8.47. The summed E-state index contributed by atoms with van der Waals surface area (Å²) in [5.41, 5.74) is 11.6. The molecule has 0 atom stereocenters. The number of hydrogen-bond donors (Lipinski definition) is 3. The predicted molar refractivity (Wildman–Crippen MR) is 95.3 cm³/mol. The summed E-state index contributed by atoms with van der Waals surface area (Å²) in [5.74, 6) is -1.63. The quantitative estimate of drug-likeness (QED) is 0.272. The van der Waals surface area contributed by atoms with E-state index in [0.29, 0.717) is 13.1 Å². The molecular formula is C15H16BrFN6O3. The van der Waals surface area contributed by atoms with Gasteiger partial charge in [0.2, 0.25) is 5.82 Å². The Kier molecular flexibility index (Phi) is 4.92. The van der Waals surface area contributed by atoms with Crippen LogP contribution in [0, 0.1) is 11.2 Å². The average Bonchev–Trinajstić information content (AvgIpc) is 3.32. The van der Waals surface area contributed by atoms with Gasteiger partial charge >= 0.3 is 5.76 Å². The Hall–Kier alpha value is -2.53. The van der Waals surface area contributed by atoms with Gasteiger partial charge in [0.1, 0.15) is 5.82 Å². The van der Waals surface area contributed by atoms with Crippen LogP contribution in [0.15, 0.2) is 42.1 Å². The lowest BCUT2D eigenvalue weighted by Gasteiger charge is -2.10. The van der Waals surface area contributed by atoms with Crippen LogP contribution in [0.25, 0.3) is 5.69 Å². The fourth-order valence-corrected chi connectivity index (χ4v) is 2.76. The molecule has 0 amide bonds. The van der Waals surface area contributed by atoms with E-state index in [1.165, 1.54) is 12.1 Å². The molecule has 0 unspecified atom stereocenters. The van der Waals surface area contributed by atoms with Gasteiger partial charge < -0.3 is 16.7 Å². The van der Waals surface area contributed by atoms with Crippen LogP contribution in [0.5, 0.6) is 0 Å². The number of nitrogens with two attached hydrogens (primary N) is 2. The molecule has 3 rings (SSSR count). The van der Waals surface area contributed by atoms with Crippen LogP contribution in [-0.4, -0.2) is 39.6 Å². The van der Waals surface area contributed by atoms with Crippen molar-refractivity contribution < 1.29 is 14.1 Å². The van der Waals surface area contributed by atoms with E-state index < -0.39 is 11.6 Å². The third kappa shape index (κ3) is 3.40. The number of rotatable bonds is 6. The van der Waals surface area contributed by atoms with E-state index in [9.17, 15) is 14.4 Å². The van der Waals surface area contributed by atoms with Gasteiger partial charge in [-0.25, -0.2) is 13.8 Å². The minimum Gasteiger partial charge on any atom is -0.410 e. The molecule has 26 heavy (non-hydrogen) atoms. The monoisotopic (exact) mass is 426 g/mol. The van der Waals surface area contributed by atoms with E-state index in [1.54, 1.807) is 0 Å². The van der Waals surface area contributed by atoms with Crippen LogP contribution in [0.1, 0.15) is 18.7 Å². The molecule has 0 spiro atoms. The first-order chi connectivity index (χ1) is 12.4. The van der Waals surface area contributed by atoms with Gasteiger partial charge in [0, 0.05) is 12.0 Å². The minimum absolute atomic E-state index is 0.0729. The summed E-state index contributed by atoms with van der Waals surface area (Å²) in [5, 5.41) is 16.1. The minimum atomic E-state index is -0.854. The number of oxime groups is 1. The number of hydrogen-bond acceptors (Lipinski definition) is 7. The first kappa shape index (κ1) is 18.3. The molecule has 11 heteroatoms. The molecule has 9 nitrogen and oxygen atoms in total. The Balaban J connectivity index is 1.99. The van der Waals surface area contributed by atoms with Gasteiger partial charge in [-0.2, -0.15) is 0 Å². The summed E-state index contributed by atoms with van der Waals surface area (Å²) < 4.78 is 19.3. The average molecular weight is 427 g/mol. The van der Waals surface area contributed by atoms with Gasteiger partial charge in [-0.15, -0.1) is 0 Å². The molecule has 138 valence electrons. The third-order valence-corrected chi connectivity index (χ3v) is 4.90. The maximum absolute atomic E-state index is 13.5. The summed E-state index contributed by atoms with van der Waals surface area (Å²) in [7, 11) is 0. The molecule has 1 aromatic heterocycles. The fraction of sp³-hybridized carbons (Fsp3) is 0.333. The van der Waals surface area contributed by atoms with Crippen LogP contribution in [0.3, 0.4) is 0 Å². The van der Waals surface area contributed by atoms with Crippen LogP contribution in [0.2, 0.25) is 0 Å². The molecule has 1 fully saturated rings. The van der Waals surface area contributed by atoms with Crippen LogP contribution in [-0.2, 0) is 0 Å². The zero-order valence-corrected chi connectivity index (χ0v) is 15.1. The highest BCUT2D eigenvalue weighted by Gasteiger charge is 2.41. The fourth-order valence-electron chi connectivity index (χ4n) is 2.39. The van der Waals surface area contributed by atoms with Gasteiger partial charge in [-0.05, 0) is 53.5 Å². The van der Waals surface area contributed by atoms with Crippen molar-refractivity contribution in [1.82, 2.24) is 9.72 Å². The van der Waals surface area contributed by atoms with Crippen molar-refractivity contribution in [3.05, 3.63) is 44.9 Å². The summed E-state index contributed by atoms with van der Waals surface area (Å²) in [4.78, 5) is 16.3. The van der Waals surface area contributed by atoms with Crippen LogP contribution < -0.4 is 17.2 Å². The lowest BCUT2D eigenvalue weighted by molar-refractivity contribution is 0.319. The van der Waals surface area contributed by atoms with E-state index in [0.717, 1.165) is 23.5 Å². The van der Waals surface area contributed by atoms with Gasteiger partial charge in [-0.1, -0.05) is 10.3 Å². The maximum Gasteiger partial charge on any atom is 0.446 e. The standard InChI is InChI=1S/C15H16BrFN6O3/c16-9-5-8(1-2-10(9)17)23-13(22-26-14(23)24)11(21-25)12(19)20-7-15(6-18)3-4-15/h1-2,5,25H,3-4,6-7,18H2,(H2,19,20)/b21-11+. The SMILES string of the molecule is NCC1(CN=C(N)/C(=N\O)c2noc(=O)n2-c2ccc(F)c(Br)c2)CC1. The second-order valence-electron chi connectivity index (χ2n) is 6.06. The molecule has 0 bridgehead atoms. The zero-order chi connectivity index (χ0) is 18.9. The number of aromatic nitrogens is 2. The van der Waals surface area contributed by atoms with Crippen LogP contribution in [0.4, 0.5) is 4.39 Å². The van der Waals surface area contributed by atoms with Crippen molar-refractivity contribution in [3.63, 3.8) is 0 Å². The van der Waals surface area contributed by atoms with Crippen molar-refractivity contribution in [2.24, 2.45) is 27.0 Å². The summed E-state index contributed by atoms with van der Waals surface area (Å²) in [6.07, 6.45) is 1.90. The van der Waals surface area contributed by atoms with Crippen molar-refractivity contribution in [2.45, 2.75) is 12.8 Å². The summed E-state index contributed by atoms with van der Waals surface area (Å²) in [6, 6.07) is 3.86. The lowest BCUT2D eigenvalue weighted by Crippen LogP contribution is -2.31. The number of nitrogens with zero attached hydrogens (tertiary/aromatic N) is 4. The van der Waals surface area contributed by atoms with Crippen molar-refractivity contribution in [3.8, 4) is 5.69 Å². The van der Waals surface area contributed by atoms with E-state index in [-0.39, 0.29) is 32.9 Å². The summed E-state index contributed by atoms with van der Waals surface area (Å²) >= 11 is 3.04. The normalized spacial score (nSPS) is 16.7. The number of amidine groups is 1. The number of halogens is 2. The Morgan fingerprint density at radius 1 is 1.50 bits per heavy atom. The highest BCUT2D eigenvalue weighted by atomic mass is 79.9. The largest absolute Gasteiger partial charge is 0.446 e. The van der Waals surface area contributed by atoms with Gasteiger partial charge in [0.05, 0.1) is 10.2 Å². The number of aliphatic imine (C=N–C) groups is 1. The first-order valence-electron chi connectivity index (χ1n) is 7.68. The van der Waals surface area contributed by atoms with E-state index in [2.05, 4.69) is 35.8 Å². The molecule has 1 aliphatic rings. The van der Waals surface area contributed by atoms with E-state index in [1.807, 2.05) is 0 Å². The Morgan fingerprint density at radius 2 is 2.23 bits per heavy atom. The lowest BCUT2D eigenvalue weighted by atomic mass is 10.1. The molecule has 1 aliphatic carbocycles. The Bertz CT molecular complexity index is 947. The molecule has 0 saturated heterocycles. The van der Waals surface area contributed by atoms with Crippen LogP contribution >= 0.6 is 15.9 Å².